The highest BCUT2D eigenvalue weighted by atomic mass is 32.2. The van der Waals surface area contributed by atoms with Crippen molar-refractivity contribution in [3.63, 3.8) is 0 Å². The fourth-order valence-corrected chi connectivity index (χ4v) is 1.42. The van der Waals surface area contributed by atoms with Crippen LogP contribution in [-0.4, -0.2) is 27.1 Å². The summed E-state index contributed by atoms with van der Waals surface area (Å²) < 4.78 is 1.52. The molecule has 0 aromatic carbocycles. The summed E-state index contributed by atoms with van der Waals surface area (Å²) in [5, 5.41) is 13.7. The second-order valence-corrected chi connectivity index (χ2v) is 3.74. The second kappa shape index (κ2) is 3.83. The van der Waals surface area contributed by atoms with Gasteiger partial charge in [-0.1, -0.05) is 0 Å². The maximum Gasteiger partial charge on any atom is 0.354 e. The quantitative estimate of drug-likeness (QED) is 0.757. The number of rotatable bonds is 3. The predicted octanol–water partition coefficient (Wildman–Crippen LogP) is 1.88. The van der Waals surface area contributed by atoms with Crippen molar-refractivity contribution in [2.24, 2.45) is 0 Å². The van der Waals surface area contributed by atoms with Crippen molar-refractivity contribution in [2.45, 2.75) is 24.9 Å². The van der Waals surface area contributed by atoms with Gasteiger partial charge in [-0.2, -0.15) is 5.10 Å². The Morgan fingerprint density at radius 3 is 2.62 bits per heavy atom. The Morgan fingerprint density at radius 1 is 1.69 bits per heavy atom. The van der Waals surface area contributed by atoms with Crippen molar-refractivity contribution < 1.29 is 9.90 Å². The highest BCUT2D eigenvalue weighted by Gasteiger charge is 2.15. The number of hydrogen-bond donors (Lipinski definition) is 1. The Hall–Kier alpha value is -0.970. The molecule has 1 rings (SSSR count). The van der Waals surface area contributed by atoms with Crippen molar-refractivity contribution in [2.75, 3.05) is 6.26 Å². The number of carboxylic acid groups (broad SMARTS) is 1. The summed E-state index contributed by atoms with van der Waals surface area (Å²) >= 11 is 1.44. The van der Waals surface area contributed by atoms with Gasteiger partial charge >= 0.3 is 5.97 Å². The molecule has 0 aliphatic rings. The van der Waals surface area contributed by atoms with Crippen LogP contribution in [0.1, 0.15) is 30.4 Å². The van der Waals surface area contributed by atoms with Crippen molar-refractivity contribution >= 4 is 17.7 Å². The van der Waals surface area contributed by atoms with E-state index in [-0.39, 0.29) is 11.7 Å². The van der Waals surface area contributed by atoms with Gasteiger partial charge in [-0.15, -0.1) is 11.8 Å². The fraction of sp³-hybridized carbons (Fsp3) is 0.500. The third-order valence-electron chi connectivity index (χ3n) is 1.63. The van der Waals surface area contributed by atoms with Gasteiger partial charge in [-0.25, -0.2) is 4.79 Å². The van der Waals surface area contributed by atoms with E-state index in [4.69, 9.17) is 5.11 Å². The second-order valence-electron chi connectivity index (χ2n) is 2.92. The monoisotopic (exact) mass is 200 g/mol. The molecule has 0 amide bonds. The van der Waals surface area contributed by atoms with Gasteiger partial charge in [0.05, 0.1) is 0 Å². The summed E-state index contributed by atoms with van der Waals surface area (Å²) in [7, 11) is 0. The molecule has 0 fully saturated rings. The molecule has 1 heterocycles. The minimum Gasteiger partial charge on any atom is -0.477 e. The lowest BCUT2D eigenvalue weighted by Crippen LogP contribution is -2.11. The van der Waals surface area contributed by atoms with E-state index in [1.54, 1.807) is 6.07 Å². The average Bonchev–Trinajstić information content (AvgIpc) is 2.47. The molecule has 0 saturated heterocycles. The van der Waals surface area contributed by atoms with E-state index >= 15 is 0 Å². The highest BCUT2D eigenvalue weighted by Crippen LogP contribution is 2.17. The van der Waals surface area contributed by atoms with Gasteiger partial charge in [0.1, 0.15) is 10.7 Å². The Kier molecular flexibility index (Phi) is 2.98. The topological polar surface area (TPSA) is 55.1 Å². The van der Waals surface area contributed by atoms with Gasteiger partial charge in [0, 0.05) is 12.1 Å². The van der Waals surface area contributed by atoms with Crippen LogP contribution in [0, 0.1) is 0 Å². The summed E-state index contributed by atoms with van der Waals surface area (Å²) in [5.74, 6) is -0.929. The SMILES string of the molecule is CSc1cc(C(=O)O)n(C(C)C)n1. The first-order valence-corrected chi connectivity index (χ1v) is 5.15. The van der Waals surface area contributed by atoms with Crippen LogP contribution in [0.5, 0.6) is 0 Å². The minimum absolute atomic E-state index is 0.0759. The van der Waals surface area contributed by atoms with E-state index in [1.807, 2.05) is 20.1 Å². The molecule has 0 saturated carbocycles. The third kappa shape index (κ3) is 2.03. The molecule has 0 radical (unpaired) electrons. The summed E-state index contributed by atoms with van der Waals surface area (Å²) in [6.45, 7) is 3.81. The van der Waals surface area contributed by atoms with Crippen LogP contribution >= 0.6 is 11.8 Å². The Balaban J connectivity index is 3.15. The number of carboxylic acids is 1. The summed E-state index contributed by atoms with van der Waals surface area (Å²) in [6, 6.07) is 1.67. The van der Waals surface area contributed by atoms with E-state index in [0.29, 0.717) is 0 Å². The van der Waals surface area contributed by atoms with Gasteiger partial charge in [-0.05, 0) is 20.1 Å². The molecule has 0 aliphatic heterocycles. The first kappa shape index (κ1) is 10.1. The zero-order valence-electron chi connectivity index (χ0n) is 7.81. The zero-order valence-corrected chi connectivity index (χ0v) is 8.63. The Labute approximate surface area is 80.9 Å². The third-order valence-corrected chi connectivity index (χ3v) is 2.25. The van der Waals surface area contributed by atoms with E-state index in [1.165, 1.54) is 16.4 Å². The van der Waals surface area contributed by atoms with Crippen LogP contribution in [0.2, 0.25) is 0 Å². The Bertz CT molecular complexity index is 320. The van der Waals surface area contributed by atoms with Crippen molar-refractivity contribution in [3.05, 3.63) is 11.8 Å². The predicted molar refractivity (Wildman–Crippen MR) is 51.4 cm³/mol. The van der Waals surface area contributed by atoms with Gasteiger partial charge in [0.2, 0.25) is 0 Å². The molecular weight excluding hydrogens is 188 g/mol. The van der Waals surface area contributed by atoms with Gasteiger partial charge in [-0.3, -0.25) is 4.68 Å². The maximum atomic E-state index is 10.8. The van der Waals surface area contributed by atoms with Gasteiger partial charge in [0.15, 0.2) is 0 Å². The van der Waals surface area contributed by atoms with Gasteiger partial charge < -0.3 is 5.11 Å². The zero-order chi connectivity index (χ0) is 10.0. The number of carbonyl (C=O) groups is 1. The molecule has 1 N–H and O–H groups in total. The fourth-order valence-electron chi connectivity index (χ4n) is 1.03. The van der Waals surface area contributed by atoms with E-state index in [2.05, 4.69) is 5.10 Å². The number of aromatic nitrogens is 2. The van der Waals surface area contributed by atoms with E-state index in [0.717, 1.165) is 5.03 Å². The molecule has 13 heavy (non-hydrogen) atoms. The highest BCUT2D eigenvalue weighted by molar-refractivity contribution is 7.98. The lowest BCUT2D eigenvalue weighted by molar-refractivity contribution is 0.0681. The summed E-state index contributed by atoms with van der Waals surface area (Å²) in [6.07, 6.45) is 1.87. The van der Waals surface area contributed by atoms with Crippen molar-refractivity contribution in [3.8, 4) is 0 Å². The molecule has 0 bridgehead atoms. The average molecular weight is 200 g/mol. The van der Waals surface area contributed by atoms with Crippen molar-refractivity contribution in [1.82, 2.24) is 9.78 Å². The van der Waals surface area contributed by atoms with Crippen molar-refractivity contribution in [1.29, 1.82) is 0 Å². The Morgan fingerprint density at radius 2 is 2.31 bits per heavy atom. The lowest BCUT2D eigenvalue weighted by Gasteiger charge is -2.06. The minimum atomic E-state index is -0.929. The molecule has 0 atom stereocenters. The molecule has 0 spiro atoms. The van der Waals surface area contributed by atoms with Crippen LogP contribution in [0.25, 0.3) is 0 Å². The van der Waals surface area contributed by atoms with E-state index < -0.39 is 5.97 Å². The molecule has 5 heteroatoms. The number of thioether (sulfide) groups is 1. The molecular formula is C8H12N2O2S. The normalized spacial score (nSPS) is 10.8. The number of nitrogens with zero attached hydrogens (tertiary/aromatic N) is 2. The first-order chi connectivity index (χ1) is 6.06. The molecule has 1 aromatic heterocycles. The van der Waals surface area contributed by atoms with E-state index in [9.17, 15) is 4.79 Å². The standard InChI is InChI=1S/C8H12N2O2S/c1-5(2)10-6(8(11)12)4-7(9-10)13-3/h4-5H,1-3H3,(H,11,12). The van der Waals surface area contributed by atoms with Crippen LogP contribution in [0.4, 0.5) is 0 Å². The first-order valence-electron chi connectivity index (χ1n) is 3.93. The molecule has 4 nitrogen and oxygen atoms in total. The molecule has 0 aliphatic carbocycles. The smallest absolute Gasteiger partial charge is 0.354 e. The molecule has 1 aromatic rings. The lowest BCUT2D eigenvalue weighted by atomic mass is 10.3. The summed E-state index contributed by atoms with van der Waals surface area (Å²) in [4.78, 5) is 10.8. The van der Waals surface area contributed by atoms with Crippen LogP contribution in [0.15, 0.2) is 11.1 Å². The van der Waals surface area contributed by atoms with Crippen LogP contribution in [-0.2, 0) is 0 Å². The molecule has 0 unspecified atom stereocenters. The number of hydrogen-bond acceptors (Lipinski definition) is 3. The molecule has 72 valence electrons. The largest absolute Gasteiger partial charge is 0.477 e. The number of aromatic carboxylic acids is 1. The van der Waals surface area contributed by atoms with Gasteiger partial charge in [0.25, 0.3) is 0 Å². The van der Waals surface area contributed by atoms with Crippen LogP contribution < -0.4 is 0 Å². The maximum absolute atomic E-state index is 10.8. The summed E-state index contributed by atoms with van der Waals surface area (Å²) in [5.41, 5.74) is 0.249. The van der Waals surface area contributed by atoms with Crippen LogP contribution in [0.3, 0.4) is 0 Å².